The molecule has 0 saturated heterocycles. The molecule has 0 fully saturated rings. The van der Waals surface area contributed by atoms with Crippen LogP contribution in [0.3, 0.4) is 0 Å². The Morgan fingerprint density at radius 3 is 2.41 bits per heavy atom. The lowest BCUT2D eigenvalue weighted by atomic mass is 10.0. The Labute approximate surface area is 216 Å². The zero-order valence-corrected chi connectivity index (χ0v) is 21.8. The van der Waals surface area contributed by atoms with Gasteiger partial charge in [0.2, 0.25) is 0 Å². The third-order valence-corrected chi connectivity index (χ3v) is 5.26. The van der Waals surface area contributed by atoms with E-state index >= 15 is 0 Å². The van der Waals surface area contributed by atoms with Crippen LogP contribution >= 0.6 is 0 Å². The molecule has 1 atom stereocenters. The van der Waals surface area contributed by atoms with Crippen molar-refractivity contribution in [1.29, 1.82) is 0 Å². The maximum absolute atomic E-state index is 12.9. The van der Waals surface area contributed by atoms with Crippen LogP contribution in [0.5, 0.6) is 11.5 Å². The molecule has 1 unspecified atom stereocenters. The number of carbonyl (C=O) groups excluding carboxylic acids is 1. The first kappa shape index (κ1) is 29.4. The summed E-state index contributed by atoms with van der Waals surface area (Å²) in [6, 6.07) is 14.9. The number of hydrogen-bond acceptors (Lipinski definition) is 3. The van der Waals surface area contributed by atoms with Crippen molar-refractivity contribution in [2.24, 2.45) is 4.99 Å². The number of hydrogen-bond donors (Lipinski definition) is 1. The molecule has 3 rings (SSSR count). The summed E-state index contributed by atoms with van der Waals surface area (Å²) in [5.74, 6) is 0.543. The minimum Gasteiger partial charge on any atom is -0.457 e. The van der Waals surface area contributed by atoms with Crippen molar-refractivity contribution in [1.82, 2.24) is 5.32 Å². The summed E-state index contributed by atoms with van der Waals surface area (Å²) >= 11 is 0. The van der Waals surface area contributed by atoms with Crippen molar-refractivity contribution in [2.75, 3.05) is 0 Å². The number of nitrogens with one attached hydrogen (secondary N) is 1. The number of carbonyl (C=O) groups is 1. The average Bonchev–Trinajstić information content (AvgIpc) is 2.89. The molecule has 1 amide bonds. The summed E-state index contributed by atoms with van der Waals surface area (Å²) in [6.07, 6.45) is 3.68. The second kappa shape index (κ2) is 14.0. The van der Waals surface area contributed by atoms with Crippen molar-refractivity contribution in [3.63, 3.8) is 0 Å². The van der Waals surface area contributed by atoms with E-state index < -0.39 is 11.7 Å². The highest BCUT2D eigenvalue weighted by Crippen LogP contribution is 2.33. The van der Waals surface area contributed by atoms with Crippen molar-refractivity contribution in [3.8, 4) is 11.5 Å². The lowest BCUT2D eigenvalue weighted by Crippen LogP contribution is -2.34. The second-order valence-electron chi connectivity index (χ2n) is 7.88. The normalized spacial score (nSPS) is 12.9. The van der Waals surface area contributed by atoms with Crippen molar-refractivity contribution in [2.45, 2.75) is 53.3 Å². The van der Waals surface area contributed by atoms with Gasteiger partial charge in [-0.1, -0.05) is 45.1 Å². The van der Waals surface area contributed by atoms with E-state index in [1.54, 1.807) is 42.7 Å². The maximum Gasteiger partial charge on any atom is 0.416 e. The number of fused-ring (bicyclic) bond motifs is 1. The Balaban J connectivity index is 0.00000235. The fourth-order valence-electron chi connectivity index (χ4n) is 3.48. The molecule has 0 aliphatic carbocycles. The van der Waals surface area contributed by atoms with Gasteiger partial charge in [0.25, 0.3) is 5.91 Å². The molecule has 0 aliphatic heterocycles. The number of aliphatic imine (C=N–C) groups is 1. The molecule has 7 heteroatoms. The SMILES string of the molecule is CC.C\C=C/N=C/C(=C/CC)C(C)NC(=O)c1ccc2c(Oc3ccc(C(F)(F)F)cc3)cccc2c1. The van der Waals surface area contributed by atoms with Crippen molar-refractivity contribution < 1.29 is 22.7 Å². The van der Waals surface area contributed by atoms with Crippen LogP contribution in [0.2, 0.25) is 0 Å². The van der Waals surface area contributed by atoms with Gasteiger partial charge < -0.3 is 10.1 Å². The van der Waals surface area contributed by atoms with Crippen LogP contribution in [0, 0.1) is 0 Å². The van der Waals surface area contributed by atoms with Gasteiger partial charge in [-0.3, -0.25) is 9.79 Å². The van der Waals surface area contributed by atoms with E-state index in [4.69, 9.17) is 4.74 Å². The molecule has 0 aliphatic rings. The highest BCUT2D eigenvalue weighted by atomic mass is 19.4. The van der Waals surface area contributed by atoms with Crippen LogP contribution in [0.25, 0.3) is 10.8 Å². The van der Waals surface area contributed by atoms with Gasteiger partial charge in [-0.25, -0.2) is 0 Å². The van der Waals surface area contributed by atoms with E-state index in [0.717, 1.165) is 34.9 Å². The van der Waals surface area contributed by atoms with Gasteiger partial charge in [-0.2, -0.15) is 13.2 Å². The van der Waals surface area contributed by atoms with Gasteiger partial charge in [0.1, 0.15) is 11.5 Å². The van der Waals surface area contributed by atoms with Crippen LogP contribution in [0.4, 0.5) is 13.2 Å². The highest BCUT2D eigenvalue weighted by molar-refractivity contribution is 6.00. The lowest BCUT2D eigenvalue weighted by molar-refractivity contribution is -0.137. The van der Waals surface area contributed by atoms with Gasteiger partial charge in [-0.05, 0) is 79.8 Å². The second-order valence-corrected chi connectivity index (χ2v) is 7.88. The van der Waals surface area contributed by atoms with Crippen molar-refractivity contribution in [3.05, 3.63) is 95.7 Å². The third-order valence-electron chi connectivity index (χ3n) is 5.26. The van der Waals surface area contributed by atoms with Gasteiger partial charge in [-0.15, -0.1) is 0 Å². The predicted molar refractivity (Wildman–Crippen MR) is 145 cm³/mol. The minimum absolute atomic E-state index is 0.227. The van der Waals surface area contributed by atoms with Crippen LogP contribution < -0.4 is 10.1 Å². The van der Waals surface area contributed by atoms with Crippen LogP contribution in [-0.4, -0.2) is 18.2 Å². The standard InChI is InChI=1S/C28H27F3N2O2.C2H6/c1-4-7-22(18-32-16-5-2)19(3)33-27(34)21-10-15-25-20(17-21)8-6-9-26(25)35-24-13-11-23(12-14-24)28(29,30)31;1-2/h5-19H,4H2,1-3H3,(H,33,34);1-2H3/b16-5-,22-7-,32-18+;. The molecule has 3 aromatic rings. The van der Waals surface area contributed by atoms with Gasteiger partial charge >= 0.3 is 6.18 Å². The molecule has 196 valence electrons. The molecule has 37 heavy (non-hydrogen) atoms. The summed E-state index contributed by atoms with van der Waals surface area (Å²) in [4.78, 5) is 17.1. The predicted octanol–water partition coefficient (Wildman–Crippen LogP) is 8.74. The molecular weight excluding hydrogens is 477 g/mol. The number of alkyl halides is 3. The summed E-state index contributed by atoms with van der Waals surface area (Å²) in [5.41, 5.74) is 0.655. The quantitative estimate of drug-likeness (QED) is 0.308. The number of ether oxygens (including phenoxy) is 1. The van der Waals surface area contributed by atoms with E-state index in [1.165, 1.54) is 12.1 Å². The first-order valence-electron chi connectivity index (χ1n) is 12.3. The lowest BCUT2D eigenvalue weighted by Gasteiger charge is -2.16. The Morgan fingerprint density at radius 2 is 1.78 bits per heavy atom. The van der Waals surface area contributed by atoms with E-state index in [9.17, 15) is 18.0 Å². The monoisotopic (exact) mass is 510 g/mol. The topological polar surface area (TPSA) is 50.7 Å². The number of nitrogens with zero attached hydrogens (tertiary/aromatic N) is 1. The summed E-state index contributed by atoms with van der Waals surface area (Å²) < 4.78 is 44.2. The first-order chi connectivity index (χ1) is 17.7. The molecule has 0 saturated carbocycles. The van der Waals surface area contributed by atoms with Gasteiger partial charge in [0, 0.05) is 23.4 Å². The number of benzene rings is 3. The molecule has 0 bridgehead atoms. The van der Waals surface area contributed by atoms with Gasteiger partial charge in [0.05, 0.1) is 11.6 Å². The fourth-order valence-corrected chi connectivity index (χ4v) is 3.48. The number of rotatable bonds is 8. The molecule has 4 nitrogen and oxygen atoms in total. The highest BCUT2D eigenvalue weighted by Gasteiger charge is 2.30. The Morgan fingerprint density at radius 1 is 1.08 bits per heavy atom. The summed E-state index contributed by atoms with van der Waals surface area (Å²) in [7, 11) is 0. The number of halogens is 3. The van der Waals surface area contributed by atoms with E-state index in [0.29, 0.717) is 11.3 Å². The minimum atomic E-state index is -4.40. The molecule has 0 spiro atoms. The average molecular weight is 511 g/mol. The van der Waals surface area contributed by atoms with Crippen LogP contribution in [-0.2, 0) is 6.18 Å². The van der Waals surface area contributed by atoms with E-state index in [1.807, 2.05) is 52.8 Å². The number of amides is 1. The van der Waals surface area contributed by atoms with Crippen LogP contribution in [0.15, 0.2) is 89.6 Å². The first-order valence-corrected chi connectivity index (χ1v) is 12.3. The fraction of sp³-hybridized carbons (Fsp3) is 0.267. The molecule has 0 aromatic heterocycles. The molecule has 0 radical (unpaired) electrons. The zero-order chi connectivity index (χ0) is 27.4. The summed E-state index contributed by atoms with van der Waals surface area (Å²) in [5, 5.41) is 4.51. The Hall–Kier alpha value is -3.87. The number of allylic oxidation sites excluding steroid dienone is 2. The van der Waals surface area contributed by atoms with Crippen molar-refractivity contribution >= 4 is 22.9 Å². The molecular formula is C30H33F3N2O2. The van der Waals surface area contributed by atoms with Crippen LogP contribution in [0.1, 0.15) is 57.0 Å². The molecule has 3 aromatic carbocycles. The Kier molecular flexibility index (Phi) is 11.1. The summed E-state index contributed by atoms with van der Waals surface area (Å²) in [6.45, 7) is 9.80. The smallest absolute Gasteiger partial charge is 0.416 e. The van der Waals surface area contributed by atoms with Gasteiger partial charge in [0.15, 0.2) is 0 Å². The third kappa shape index (κ3) is 8.34. The molecule has 0 heterocycles. The largest absolute Gasteiger partial charge is 0.457 e. The van der Waals surface area contributed by atoms with E-state index in [-0.39, 0.29) is 17.7 Å². The Bertz CT molecular complexity index is 1260. The zero-order valence-electron chi connectivity index (χ0n) is 21.8. The van der Waals surface area contributed by atoms with E-state index in [2.05, 4.69) is 10.3 Å². The molecule has 1 N–H and O–H groups in total. The maximum atomic E-state index is 12.9.